The molecule has 2 aromatic rings. The van der Waals surface area contributed by atoms with Crippen LogP contribution in [0.3, 0.4) is 0 Å². The van der Waals surface area contributed by atoms with Crippen molar-refractivity contribution < 1.29 is 22.7 Å². The summed E-state index contributed by atoms with van der Waals surface area (Å²) in [6, 6.07) is 8.13. The van der Waals surface area contributed by atoms with Gasteiger partial charge in [0.1, 0.15) is 5.60 Å². The number of carbonyl (C=O) groups excluding carboxylic acids is 1. The molecule has 0 unspecified atom stereocenters. The minimum atomic E-state index is -4.64. The van der Waals surface area contributed by atoms with Crippen LogP contribution in [-0.4, -0.2) is 24.8 Å². The summed E-state index contributed by atoms with van der Waals surface area (Å²) < 4.78 is 47.7. The zero-order valence-electron chi connectivity index (χ0n) is 17.3. The normalized spacial score (nSPS) is 16.2. The van der Waals surface area contributed by atoms with E-state index in [2.05, 4.69) is 20.8 Å². The summed E-state index contributed by atoms with van der Waals surface area (Å²) in [5.41, 5.74) is -0.545. The number of carbonyl (C=O) groups is 1. The fourth-order valence-corrected chi connectivity index (χ4v) is 5.55. The van der Waals surface area contributed by atoms with Gasteiger partial charge in [-0.1, -0.05) is 27.7 Å². The number of benzene rings is 2. The van der Waals surface area contributed by atoms with E-state index in [0.29, 0.717) is 20.0 Å². The van der Waals surface area contributed by atoms with Gasteiger partial charge in [0.25, 0.3) is 0 Å². The maximum atomic E-state index is 14.0. The molecule has 0 bridgehead atoms. The molecule has 0 N–H and O–H groups in total. The number of amides is 1. The standard InChI is InChI=1S/C22H22BrF3N2O2S/c1-21(2,3)30-20(29)28-16-7-6-14(27-8-4-5-9-27)12-17(16)31-18-11-13(23)10-15(19(18)28)22(24,25)26/h6-7,10-12H,4-5,8-9H2,1-3H3. The van der Waals surface area contributed by atoms with E-state index < -0.39 is 23.4 Å². The summed E-state index contributed by atoms with van der Waals surface area (Å²) in [7, 11) is 0. The topological polar surface area (TPSA) is 32.8 Å². The lowest BCUT2D eigenvalue weighted by atomic mass is 10.1. The average Bonchev–Trinajstić information content (AvgIpc) is 3.17. The van der Waals surface area contributed by atoms with Crippen molar-refractivity contribution in [2.45, 2.75) is 55.2 Å². The highest BCUT2D eigenvalue weighted by molar-refractivity contribution is 9.10. The predicted molar refractivity (Wildman–Crippen MR) is 120 cm³/mol. The molecule has 2 aliphatic heterocycles. The summed E-state index contributed by atoms with van der Waals surface area (Å²) in [5, 5.41) is 0. The van der Waals surface area contributed by atoms with E-state index in [0.717, 1.165) is 42.6 Å². The zero-order valence-corrected chi connectivity index (χ0v) is 19.7. The number of alkyl halides is 3. The second kappa shape index (κ2) is 7.92. The van der Waals surface area contributed by atoms with Crippen LogP contribution in [0.4, 0.5) is 35.0 Å². The molecule has 31 heavy (non-hydrogen) atoms. The summed E-state index contributed by atoms with van der Waals surface area (Å²) in [5.74, 6) is 0. The molecule has 0 spiro atoms. The lowest BCUT2D eigenvalue weighted by molar-refractivity contribution is -0.137. The molecule has 0 aliphatic carbocycles. The highest BCUT2D eigenvalue weighted by atomic mass is 79.9. The second-order valence-electron chi connectivity index (χ2n) is 8.56. The maximum Gasteiger partial charge on any atom is 0.419 e. The lowest BCUT2D eigenvalue weighted by Crippen LogP contribution is -2.36. The molecule has 166 valence electrons. The van der Waals surface area contributed by atoms with Crippen LogP contribution in [0, 0.1) is 0 Å². The molecule has 0 radical (unpaired) electrons. The lowest BCUT2D eigenvalue weighted by Gasteiger charge is -2.35. The molecular formula is C22H22BrF3N2O2S. The first-order valence-electron chi connectivity index (χ1n) is 9.95. The van der Waals surface area contributed by atoms with Gasteiger partial charge in [-0.2, -0.15) is 13.2 Å². The summed E-state index contributed by atoms with van der Waals surface area (Å²) >= 11 is 4.42. The van der Waals surface area contributed by atoms with E-state index >= 15 is 0 Å². The van der Waals surface area contributed by atoms with Crippen molar-refractivity contribution in [3.8, 4) is 0 Å². The van der Waals surface area contributed by atoms with E-state index in [1.165, 1.54) is 11.8 Å². The van der Waals surface area contributed by atoms with Gasteiger partial charge in [-0.3, -0.25) is 0 Å². The third-order valence-corrected chi connectivity index (χ3v) is 6.56. The molecule has 4 nitrogen and oxygen atoms in total. The van der Waals surface area contributed by atoms with Gasteiger partial charge < -0.3 is 9.64 Å². The molecule has 9 heteroatoms. The number of hydrogen-bond acceptors (Lipinski definition) is 4. The fraction of sp³-hybridized carbons (Fsp3) is 0.409. The quantitative estimate of drug-likeness (QED) is 0.392. The number of hydrogen-bond donors (Lipinski definition) is 0. The van der Waals surface area contributed by atoms with Crippen LogP contribution in [0.25, 0.3) is 0 Å². The van der Waals surface area contributed by atoms with E-state index in [4.69, 9.17) is 4.74 Å². The molecule has 4 rings (SSSR count). The first-order chi connectivity index (χ1) is 14.4. The molecule has 0 saturated carbocycles. The minimum absolute atomic E-state index is 0.198. The molecule has 2 aliphatic rings. The van der Waals surface area contributed by atoms with Crippen LogP contribution in [0.1, 0.15) is 39.2 Å². The highest BCUT2D eigenvalue weighted by Crippen LogP contribution is 2.54. The van der Waals surface area contributed by atoms with E-state index in [9.17, 15) is 18.0 Å². The summed E-state index contributed by atoms with van der Waals surface area (Å²) in [6.07, 6.45) is -3.25. The Kier molecular flexibility index (Phi) is 5.70. The van der Waals surface area contributed by atoms with Crippen molar-refractivity contribution in [2.24, 2.45) is 0 Å². The van der Waals surface area contributed by atoms with Gasteiger partial charge >= 0.3 is 12.3 Å². The van der Waals surface area contributed by atoms with Crippen molar-refractivity contribution in [3.05, 3.63) is 40.4 Å². The predicted octanol–water partition coefficient (Wildman–Crippen LogP) is 7.61. The number of nitrogens with zero attached hydrogens (tertiary/aromatic N) is 2. The Balaban J connectivity index is 1.89. The zero-order chi connectivity index (χ0) is 22.6. The van der Waals surface area contributed by atoms with Gasteiger partial charge in [0, 0.05) is 33.0 Å². The van der Waals surface area contributed by atoms with E-state index in [-0.39, 0.29) is 5.69 Å². The molecule has 0 atom stereocenters. The molecule has 1 amide bonds. The van der Waals surface area contributed by atoms with Crippen molar-refractivity contribution in [1.82, 2.24) is 0 Å². The maximum absolute atomic E-state index is 14.0. The van der Waals surface area contributed by atoms with Gasteiger partial charge in [0.15, 0.2) is 0 Å². The van der Waals surface area contributed by atoms with Gasteiger partial charge in [0.2, 0.25) is 0 Å². The monoisotopic (exact) mass is 514 g/mol. The Morgan fingerprint density at radius 2 is 1.74 bits per heavy atom. The summed E-state index contributed by atoms with van der Waals surface area (Å²) in [4.78, 5) is 17.5. The third kappa shape index (κ3) is 4.53. The van der Waals surface area contributed by atoms with Crippen LogP contribution in [0.2, 0.25) is 0 Å². The molecule has 1 saturated heterocycles. The van der Waals surface area contributed by atoms with Crippen LogP contribution < -0.4 is 9.80 Å². The summed E-state index contributed by atoms with van der Waals surface area (Å²) in [6.45, 7) is 6.95. The van der Waals surface area contributed by atoms with Crippen molar-refractivity contribution >= 4 is 50.8 Å². The van der Waals surface area contributed by atoms with Crippen LogP contribution in [-0.2, 0) is 10.9 Å². The number of anilines is 3. The number of rotatable bonds is 1. The van der Waals surface area contributed by atoms with E-state index in [1.807, 2.05) is 12.1 Å². The molecule has 2 aromatic carbocycles. The first kappa shape index (κ1) is 22.3. The van der Waals surface area contributed by atoms with Crippen molar-refractivity contribution in [2.75, 3.05) is 22.9 Å². The molecular weight excluding hydrogens is 493 g/mol. The fourth-order valence-electron chi connectivity index (χ4n) is 3.78. The average molecular weight is 515 g/mol. The van der Waals surface area contributed by atoms with Crippen LogP contribution >= 0.6 is 27.7 Å². The van der Waals surface area contributed by atoms with Crippen molar-refractivity contribution in [1.29, 1.82) is 0 Å². The third-order valence-electron chi connectivity index (χ3n) is 5.02. The molecule has 0 aromatic heterocycles. The SMILES string of the molecule is CC(C)(C)OC(=O)N1c2ccc(N3CCCC3)cc2Sc2cc(Br)cc(C(F)(F)F)c21. The Morgan fingerprint density at radius 1 is 1.06 bits per heavy atom. The Labute approximate surface area is 191 Å². The molecule has 1 fully saturated rings. The van der Waals surface area contributed by atoms with Crippen LogP contribution in [0.15, 0.2) is 44.6 Å². The number of halogens is 4. The van der Waals surface area contributed by atoms with Crippen LogP contribution in [0.5, 0.6) is 0 Å². The Morgan fingerprint density at radius 3 is 2.35 bits per heavy atom. The van der Waals surface area contributed by atoms with E-state index in [1.54, 1.807) is 32.9 Å². The highest BCUT2D eigenvalue weighted by Gasteiger charge is 2.42. The van der Waals surface area contributed by atoms with Gasteiger partial charge in [-0.05, 0) is 63.9 Å². The van der Waals surface area contributed by atoms with Crippen molar-refractivity contribution in [3.63, 3.8) is 0 Å². The Hall–Kier alpha value is -1.87. The van der Waals surface area contributed by atoms with Gasteiger partial charge in [0.05, 0.1) is 16.9 Å². The number of ether oxygens (including phenoxy) is 1. The number of fused-ring (bicyclic) bond motifs is 2. The smallest absolute Gasteiger partial charge is 0.419 e. The van der Waals surface area contributed by atoms with Gasteiger partial charge in [-0.25, -0.2) is 9.69 Å². The molecule has 2 heterocycles. The largest absolute Gasteiger partial charge is 0.443 e. The minimum Gasteiger partial charge on any atom is -0.443 e. The first-order valence-corrected chi connectivity index (χ1v) is 11.6. The second-order valence-corrected chi connectivity index (χ2v) is 10.6. The van der Waals surface area contributed by atoms with Gasteiger partial charge in [-0.15, -0.1) is 0 Å². The Bertz CT molecular complexity index is 1030.